The number of esters is 1. The van der Waals surface area contributed by atoms with Crippen LogP contribution in [-0.2, 0) is 32.1 Å². The van der Waals surface area contributed by atoms with Gasteiger partial charge in [-0.1, -0.05) is 12.1 Å². The number of hydrogen-bond donors (Lipinski definition) is 0. The monoisotopic (exact) mass is 524 g/mol. The molecule has 2 aromatic heterocycles. The molecule has 30 heavy (non-hydrogen) atoms. The molecule has 0 aliphatic heterocycles. The molecule has 3 rings (SSSR count). The van der Waals surface area contributed by atoms with Gasteiger partial charge in [-0.25, -0.2) is 18.1 Å². The highest BCUT2D eigenvalue weighted by molar-refractivity contribution is 9.10. The highest BCUT2D eigenvalue weighted by Crippen LogP contribution is 2.40. The predicted molar refractivity (Wildman–Crippen MR) is 104 cm³/mol. The van der Waals surface area contributed by atoms with Crippen molar-refractivity contribution in [2.24, 2.45) is 0 Å². The largest absolute Gasteiger partial charge is 0.468 e. The molecule has 160 valence electrons. The minimum Gasteiger partial charge on any atom is -0.468 e. The molecule has 0 unspecified atom stereocenters. The number of hydrogen-bond acceptors (Lipinski definition) is 8. The lowest BCUT2D eigenvalue weighted by Crippen LogP contribution is -2.15. The number of ether oxygens (including phenoxy) is 1. The van der Waals surface area contributed by atoms with Crippen LogP contribution in [-0.4, -0.2) is 46.9 Å². The van der Waals surface area contributed by atoms with E-state index in [1.807, 2.05) is 0 Å². The Kier molecular flexibility index (Phi) is 6.02. The van der Waals surface area contributed by atoms with Crippen molar-refractivity contribution in [3.05, 3.63) is 34.4 Å². The summed E-state index contributed by atoms with van der Waals surface area (Å²) in [6, 6.07) is 5.92. The number of alkyl halides is 3. The molecule has 0 amide bonds. The lowest BCUT2D eigenvalue weighted by atomic mass is 10.2. The highest BCUT2D eigenvalue weighted by atomic mass is 79.9. The minimum absolute atomic E-state index is 0.0630. The third-order valence-corrected chi connectivity index (χ3v) is 6.44. The van der Waals surface area contributed by atoms with E-state index in [0.29, 0.717) is 5.56 Å². The van der Waals surface area contributed by atoms with E-state index in [1.54, 1.807) is 6.07 Å². The molecule has 0 atom stereocenters. The zero-order valence-electron chi connectivity index (χ0n) is 15.3. The molecule has 3 aromatic rings. The van der Waals surface area contributed by atoms with Crippen molar-refractivity contribution in [3.8, 4) is 22.1 Å². The summed E-state index contributed by atoms with van der Waals surface area (Å²) in [6.45, 7) is -0.585. The molecule has 0 aliphatic carbocycles. The maximum atomic E-state index is 13.3. The number of halogens is 4. The molecule has 0 spiro atoms. The molecule has 8 nitrogen and oxygen atoms in total. The van der Waals surface area contributed by atoms with Crippen molar-refractivity contribution in [1.29, 1.82) is 0 Å². The highest BCUT2D eigenvalue weighted by Gasteiger charge is 2.40. The second kappa shape index (κ2) is 8.07. The van der Waals surface area contributed by atoms with Crippen LogP contribution in [0.15, 0.2) is 33.6 Å². The van der Waals surface area contributed by atoms with Crippen LogP contribution in [0.1, 0.15) is 5.69 Å². The van der Waals surface area contributed by atoms with E-state index in [1.165, 1.54) is 18.2 Å². The van der Waals surface area contributed by atoms with Crippen LogP contribution in [0.3, 0.4) is 0 Å². The van der Waals surface area contributed by atoms with Crippen LogP contribution >= 0.6 is 27.5 Å². The normalized spacial score (nSPS) is 12.2. The van der Waals surface area contributed by atoms with Gasteiger partial charge < -0.3 is 4.74 Å². The minimum atomic E-state index is -4.78. The van der Waals surface area contributed by atoms with Crippen molar-refractivity contribution in [2.45, 2.75) is 17.6 Å². The molecule has 2 heterocycles. The zero-order chi connectivity index (χ0) is 22.3. The van der Waals surface area contributed by atoms with Crippen molar-refractivity contribution in [3.63, 3.8) is 0 Å². The third kappa shape index (κ3) is 4.54. The lowest BCUT2D eigenvalue weighted by Gasteiger charge is -2.03. The molecule has 1 aromatic carbocycles. The average Bonchev–Trinajstić information content (AvgIpc) is 3.25. The molecule has 14 heteroatoms. The maximum Gasteiger partial charge on any atom is 0.436 e. The quantitative estimate of drug-likeness (QED) is 0.471. The number of aromatic nitrogens is 4. The molecule has 0 bridgehead atoms. The predicted octanol–water partition coefficient (Wildman–Crippen LogP) is 3.43. The fraction of sp³-hybridized carbons (Fsp3) is 0.250. The Labute approximate surface area is 180 Å². The first-order chi connectivity index (χ1) is 13.9. The van der Waals surface area contributed by atoms with Crippen LogP contribution in [0.4, 0.5) is 13.2 Å². The van der Waals surface area contributed by atoms with E-state index >= 15 is 0 Å². The second-order valence-electron chi connectivity index (χ2n) is 5.97. The van der Waals surface area contributed by atoms with E-state index in [-0.39, 0.29) is 21.4 Å². The van der Waals surface area contributed by atoms with Gasteiger partial charge in [0.05, 0.1) is 16.5 Å². The molecular weight excluding hydrogens is 513 g/mol. The van der Waals surface area contributed by atoms with E-state index in [4.69, 9.17) is 0 Å². The van der Waals surface area contributed by atoms with Gasteiger partial charge in [0, 0.05) is 11.8 Å². The Morgan fingerprint density at radius 2 is 2.03 bits per heavy atom. The number of carbonyl (C=O) groups is 1. The van der Waals surface area contributed by atoms with Crippen LogP contribution < -0.4 is 0 Å². The number of sulfone groups is 1. The van der Waals surface area contributed by atoms with E-state index in [9.17, 15) is 26.4 Å². The fourth-order valence-electron chi connectivity index (χ4n) is 2.43. The van der Waals surface area contributed by atoms with E-state index in [2.05, 4.69) is 35.1 Å². The van der Waals surface area contributed by atoms with Crippen LogP contribution in [0.25, 0.3) is 22.1 Å². The fourth-order valence-corrected chi connectivity index (χ4v) is 4.45. The zero-order valence-corrected chi connectivity index (χ0v) is 18.5. The number of benzene rings is 1. The molecule has 0 aliphatic rings. The van der Waals surface area contributed by atoms with Crippen LogP contribution in [0.2, 0.25) is 0 Å². The summed E-state index contributed by atoms with van der Waals surface area (Å²) >= 11 is 3.74. The smallest absolute Gasteiger partial charge is 0.436 e. The average molecular weight is 525 g/mol. The Morgan fingerprint density at radius 1 is 1.33 bits per heavy atom. The van der Waals surface area contributed by atoms with Gasteiger partial charge in [-0.15, -0.1) is 0 Å². The summed E-state index contributed by atoms with van der Waals surface area (Å²) in [7, 11) is -2.37. The summed E-state index contributed by atoms with van der Waals surface area (Å²) in [5.74, 6) is -0.921. The number of methoxy groups -OCH3 is 1. The summed E-state index contributed by atoms with van der Waals surface area (Å²) < 4.78 is 72.3. The third-order valence-electron chi connectivity index (χ3n) is 3.82. The Morgan fingerprint density at radius 3 is 2.63 bits per heavy atom. The Bertz CT molecular complexity index is 1220. The first kappa shape index (κ1) is 22.4. The standard InChI is InChI=1S/C16H12BrF3N4O4S2/c1-28-10(25)7-24-12(11(17)13(22-24)16(18,19)20)14-21-15(29-23-14)8-4-3-5-9(6-8)30(2,26)27/h3-6H,7H2,1-2H3. The van der Waals surface area contributed by atoms with Crippen molar-refractivity contribution in [2.75, 3.05) is 13.4 Å². The first-order valence-corrected chi connectivity index (χ1v) is 11.4. The summed E-state index contributed by atoms with van der Waals surface area (Å²) in [5, 5.41) is 3.74. The molecule has 0 saturated heterocycles. The van der Waals surface area contributed by atoms with Crippen LogP contribution in [0, 0.1) is 0 Å². The van der Waals surface area contributed by atoms with Gasteiger partial charge in [0.25, 0.3) is 0 Å². The van der Waals surface area contributed by atoms with Crippen molar-refractivity contribution < 1.29 is 31.1 Å². The SMILES string of the molecule is COC(=O)Cn1nc(C(F)(F)F)c(Br)c1-c1nsc(-c2cccc(S(C)(=O)=O)c2)n1. The van der Waals surface area contributed by atoms with Gasteiger partial charge in [-0.2, -0.15) is 22.6 Å². The lowest BCUT2D eigenvalue weighted by molar-refractivity contribution is -0.144. The van der Waals surface area contributed by atoms with Gasteiger partial charge in [-0.3, -0.25) is 4.79 Å². The number of rotatable bonds is 5. The summed E-state index contributed by atoms with van der Waals surface area (Å²) in [5.41, 5.74) is -0.973. The molecule has 0 radical (unpaired) electrons. The number of carbonyl (C=O) groups excluding carboxylic acids is 1. The molecular formula is C16H12BrF3N4O4S2. The number of nitrogens with zero attached hydrogens (tertiary/aromatic N) is 4. The summed E-state index contributed by atoms with van der Waals surface area (Å²) in [6.07, 6.45) is -3.73. The molecule has 0 fully saturated rings. The Balaban J connectivity index is 2.11. The van der Waals surface area contributed by atoms with E-state index < -0.39 is 38.7 Å². The Hall–Kier alpha value is -2.32. The van der Waals surface area contributed by atoms with E-state index in [0.717, 1.165) is 29.6 Å². The van der Waals surface area contributed by atoms with Crippen molar-refractivity contribution in [1.82, 2.24) is 19.1 Å². The summed E-state index contributed by atoms with van der Waals surface area (Å²) in [4.78, 5) is 15.9. The second-order valence-corrected chi connectivity index (χ2v) is 9.53. The van der Waals surface area contributed by atoms with Gasteiger partial charge in [-0.05, 0) is 39.6 Å². The topological polar surface area (TPSA) is 104 Å². The van der Waals surface area contributed by atoms with Gasteiger partial charge in [0.1, 0.15) is 17.2 Å². The molecule has 0 saturated carbocycles. The first-order valence-electron chi connectivity index (χ1n) is 7.96. The maximum absolute atomic E-state index is 13.3. The van der Waals surface area contributed by atoms with Crippen LogP contribution in [0.5, 0.6) is 0 Å². The van der Waals surface area contributed by atoms with Gasteiger partial charge in [0.2, 0.25) is 0 Å². The van der Waals surface area contributed by atoms with Crippen molar-refractivity contribution >= 4 is 43.3 Å². The molecule has 0 N–H and O–H groups in total. The van der Waals surface area contributed by atoms with Gasteiger partial charge in [0.15, 0.2) is 21.4 Å². The van der Waals surface area contributed by atoms with Gasteiger partial charge >= 0.3 is 12.1 Å².